The first-order valence-corrected chi connectivity index (χ1v) is 9.56. The fourth-order valence-corrected chi connectivity index (χ4v) is 3.92. The fraction of sp³-hybridized carbons (Fsp3) is 0.381. The SMILES string of the molecule is CC[C@@]1(C)NC(=O)N(c2ccc(Oc3cccc4c3C3C[C@@H]3CO4)nc2)C1=O. The zero-order chi connectivity index (χ0) is 19.5. The summed E-state index contributed by atoms with van der Waals surface area (Å²) in [5.41, 5.74) is 0.654. The van der Waals surface area contributed by atoms with Crippen molar-refractivity contribution in [2.24, 2.45) is 5.92 Å². The van der Waals surface area contributed by atoms with Gasteiger partial charge in [0.05, 0.1) is 18.5 Å². The van der Waals surface area contributed by atoms with E-state index in [1.54, 1.807) is 19.1 Å². The molecule has 1 unspecified atom stereocenters. The summed E-state index contributed by atoms with van der Waals surface area (Å²) in [6.45, 7) is 4.37. The van der Waals surface area contributed by atoms with Gasteiger partial charge in [0.2, 0.25) is 5.88 Å². The number of carbonyl (C=O) groups excluding carboxylic acids is 2. The van der Waals surface area contributed by atoms with Crippen molar-refractivity contribution < 1.29 is 19.1 Å². The van der Waals surface area contributed by atoms with Crippen LogP contribution in [-0.2, 0) is 4.79 Å². The lowest BCUT2D eigenvalue weighted by Gasteiger charge is -2.20. The summed E-state index contributed by atoms with van der Waals surface area (Å²) in [5, 5.41) is 2.74. The lowest BCUT2D eigenvalue weighted by atomic mass is 9.99. The summed E-state index contributed by atoms with van der Waals surface area (Å²) in [5.74, 6) is 2.84. The number of rotatable bonds is 4. The van der Waals surface area contributed by atoms with E-state index in [0.29, 0.717) is 29.8 Å². The average molecular weight is 379 g/mol. The first-order chi connectivity index (χ1) is 13.5. The maximum atomic E-state index is 12.6. The van der Waals surface area contributed by atoms with Crippen molar-refractivity contribution in [3.63, 3.8) is 0 Å². The van der Waals surface area contributed by atoms with Crippen molar-refractivity contribution in [3.05, 3.63) is 42.1 Å². The van der Waals surface area contributed by atoms with Crippen LogP contribution >= 0.6 is 0 Å². The molecule has 2 fully saturated rings. The van der Waals surface area contributed by atoms with Gasteiger partial charge in [-0.1, -0.05) is 13.0 Å². The Morgan fingerprint density at radius 1 is 1.32 bits per heavy atom. The molecular formula is C21H21N3O4. The molecule has 0 spiro atoms. The van der Waals surface area contributed by atoms with Crippen molar-refractivity contribution in [2.45, 2.75) is 38.1 Å². The molecule has 28 heavy (non-hydrogen) atoms. The minimum atomic E-state index is -0.879. The molecule has 1 saturated carbocycles. The molecule has 1 N–H and O–H groups in total. The molecule has 3 amide bonds. The highest BCUT2D eigenvalue weighted by molar-refractivity contribution is 6.23. The predicted molar refractivity (Wildman–Crippen MR) is 102 cm³/mol. The Morgan fingerprint density at radius 3 is 2.89 bits per heavy atom. The number of benzene rings is 1. The Labute approximate surface area is 162 Å². The predicted octanol–water partition coefficient (Wildman–Crippen LogP) is 3.59. The van der Waals surface area contributed by atoms with E-state index in [2.05, 4.69) is 10.3 Å². The average Bonchev–Trinajstić information content (AvgIpc) is 3.45. The van der Waals surface area contributed by atoms with Gasteiger partial charge < -0.3 is 14.8 Å². The fourth-order valence-electron chi connectivity index (χ4n) is 3.92. The molecule has 144 valence electrons. The number of pyridine rings is 1. The zero-order valence-electron chi connectivity index (χ0n) is 15.8. The highest BCUT2D eigenvalue weighted by Gasteiger charge is 2.47. The third-order valence-electron chi connectivity index (χ3n) is 5.93. The van der Waals surface area contributed by atoms with Crippen LogP contribution in [0, 0.1) is 5.92 Å². The number of imide groups is 1. The van der Waals surface area contributed by atoms with E-state index in [1.165, 1.54) is 6.20 Å². The molecule has 2 aliphatic heterocycles. The van der Waals surface area contributed by atoms with Gasteiger partial charge in [0.1, 0.15) is 17.0 Å². The number of amides is 3. The van der Waals surface area contributed by atoms with Gasteiger partial charge >= 0.3 is 6.03 Å². The van der Waals surface area contributed by atoms with Crippen molar-refractivity contribution in [3.8, 4) is 17.4 Å². The number of hydrogen-bond acceptors (Lipinski definition) is 5. The smallest absolute Gasteiger partial charge is 0.329 e. The number of carbonyl (C=O) groups is 2. The van der Waals surface area contributed by atoms with E-state index in [1.807, 2.05) is 25.1 Å². The van der Waals surface area contributed by atoms with Crippen LogP contribution in [0.1, 0.15) is 38.2 Å². The van der Waals surface area contributed by atoms with Gasteiger partial charge in [-0.15, -0.1) is 0 Å². The highest BCUT2D eigenvalue weighted by atomic mass is 16.5. The standard InChI is InChI=1S/C21H21N3O4/c1-3-21(2)19(25)24(20(26)23-21)13-7-8-17(22-10-13)28-16-6-4-5-15-18(16)14-9-12(14)11-27-15/h4-8,10,12,14H,3,9,11H2,1-2H3,(H,23,26)/t12-,14?,21-/m1/s1. The Bertz CT molecular complexity index is 974. The highest BCUT2D eigenvalue weighted by Crippen LogP contribution is 2.57. The molecule has 0 bridgehead atoms. The maximum absolute atomic E-state index is 12.6. The van der Waals surface area contributed by atoms with Crippen LogP contribution < -0.4 is 19.7 Å². The van der Waals surface area contributed by atoms with Gasteiger partial charge in [-0.2, -0.15) is 0 Å². The van der Waals surface area contributed by atoms with Crippen LogP contribution in [0.3, 0.4) is 0 Å². The van der Waals surface area contributed by atoms with Gasteiger partial charge in [-0.25, -0.2) is 14.7 Å². The number of nitrogens with zero attached hydrogens (tertiary/aromatic N) is 2. The van der Waals surface area contributed by atoms with Gasteiger partial charge in [0.15, 0.2) is 0 Å². The number of aromatic nitrogens is 1. The van der Waals surface area contributed by atoms with Gasteiger partial charge in [-0.05, 0) is 43.9 Å². The maximum Gasteiger partial charge on any atom is 0.329 e. The topological polar surface area (TPSA) is 80.8 Å². The number of ether oxygens (including phenoxy) is 2. The van der Waals surface area contributed by atoms with Crippen molar-refractivity contribution in [2.75, 3.05) is 11.5 Å². The summed E-state index contributed by atoms with van der Waals surface area (Å²) >= 11 is 0. The molecule has 3 atom stereocenters. The summed E-state index contributed by atoms with van der Waals surface area (Å²) in [6.07, 6.45) is 3.13. The van der Waals surface area contributed by atoms with Gasteiger partial charge in [0, 0.05) is 17.5 Å². The van der Waals surface area contributed by atoms with Crippen LogP contribution in [0.25, 0.3) is 0 Å². The van der Waals surface area contributed by atoms with E-state index in [0.717, 1.165) is 35.0 Å². The molecule has 1 saturated heterocycles. The number of hydrogen-bond donors (Lipinski definition) is 1. The normalized spacial score (nSPS) is 27.6. The van der Waals surface area contributed by atoms with E-state index >= 15 is 0 Å². The minimum Gasteiger partial charge on any atom is -0.493 e. The summed E-state index contributed by atoms with van der Waals surface area (Å²) in [6, 6.07) is 8.71. The Morgan fingerprint density at radius 2 is 2.18 bits per heavy atom. The molecule has 7 heteroatoms. The van der Waals surface area contributed by atoms with Crippen molar-refractivity contribution in [1.82, 2.24) is 10.3 Å². The molecule has 2 aromatic rings. The number of nitrogens with one attached hydrogen (secondary N) is 1. The molecule has 5 rings (SSSR count). The second-order valence-corrected chi connectivity index (χ2v) is 7.79. The largest absolute Gasteiger partial charge is 0.493 e. The molecule has 3 heterocycles. The van der Waals surface area contributed by atoms with Crippen LogP contribution in [0.4, 0.5) is 10.5 Å². The van der Waals surface area contributed by atoms with E-state index < -0.39 is 11.6 Å². The van der Waals surface area contributed by atoms with Gasteiger partial charge in [-0.3, -0.25) is 4.79 Å². The first-order valence-electron chi connectivity index (χ1n) is 9.56. The number of urea groups is 1. The van der Waals surface area contributed by atoms with E-state index in [9.17, 15) is 9.59 Å². The van der Waals surface area contributed by atoms with Crippen molar-refractivity contribution >= 4 is 17.6 Å². The lowest BCUT2D eigenvalue weighted by molar-refractivity contribution is -0.121. The van der Waals surface area contributed by atoms with E-state index in [-0.39, 0.29) is 5.91 Å². The molecule has 1 aliphatic carbocycles. The number of anilines is 1. The van der Waals surface area contributed by atoms with Crippen molar-refractivity contribution in [1.29, 1.82) is 0 Å². The molecule has 1 aromatic carbocycles. The zero-order valence-corrected chi connectivity index (χ0v) is 15.8. The number of fused-ring (bicyclic) bond motifs is 3. The Kier molecular flexibility index (Phi) is 3.62. The second-order valence-electron chi connectivity index (χ2n) is 7.79. The molecule has 0 radical (unpaired) electrons. The Balaban J connectivity index is 1.39. The first kappa shape index (κ1) is 17.0. The molecule has 7 nitrogen and oxygen atoms in total. The lowest BCUT2D eigenvalue weighted by Crippen LogP contribution is -2.43. The minimum absolute atomic E-state index is 0.274. The summed E-state index contributed by atoms with van der Waals surface area (Å²) in [4.78, 5) is 30.3. The summed E-state index contributed by atoms with van der Waals surface area (Å²) in [7, 11) is 0. The van der Waals surface area contributed by atoms with Crippen LogP contribution in [0.15, 0.2) is 36.5 Å². The second kappa shape index (κ2) is 5.95. The molecule has 3 aliphatic rings. The van der Waals surface area contributed by atoms with E-state index in [4.69, 9.17) is 9.47 Å². The van der Waals surface area contributed by atoms with Crippen LogP contribution in [-0.4, -0.2) is 29.1 Å². The molecule has 1 aromatic heterocycles. The van der Waals surface area contributed by atoms with Gasteiger partial charge in [0.25, 0.3) is 5.91 Å². The van der Waals surface area contributed by atoms with Crippen LogP contribution in [0.5, 0.6) is 17.4 Å². The summed E-state index contributed by atoms with van der Waals surface area (Å²) < 4.78 is 11.8. The van der Waals surface area contributed by atoms with Crippen LogP contribution in [0.2, 0.25) is 0 Å². The third kappa shape index (κ3) is 2.53. The third-order valence-corrected chi connectivity index (χ3v) is 5.93. The monoisotopic (exact) mass is 379 g/mol. The molecular weight excluding hydrogens is 358 g/mol. The Hall–Kier alpha value is -3.09. The quantitative estimate of drug-likeness (QED) is 0.821.